The molecule has 5 nitrogen and oxygen atoms in total. The highest BCUT2D eigenvalue weighted by Crippen LogP contribution is 2.63. The second-order valence-electron chi connectivity index (χ2n) is 16.7. The molecule has 0 atom stereocenters. The van der Waals surface area contributed by atoms with Crippen molar-refractivity contribution in [2.75, 3.05) is 0 Å². The van der Waals surface area contributed by atoms with Crippen LogP contribution in [0.3, 0.4) is 0 Å². The zero-order chi connectivity index (χ0) is 42.8. The maximum atomic E-state index is 7.07. The third-order valence-corrected chi connectivity index (χ3v) is 12.9. The van der Waals surface area contributed by atoms with Gasteiger partial charge in [0.1, 0.15) is 11.5 Å². The van der Waals surface area contributed by atoms with E-state index in [1.165, 1.54) is 22.3 Å². The molecule has 12 rings (SSSR count). The van der Waals surface area contributed by atoms with Crippen LogP contribution in [-0.2, 0) is 5.41 Å². The summed E-state index contributed by atoms with van der Waals surface area (Å²) in [4.78, 5) is 20.7. The Balaban J connectivity index is 1.15. The lowest BCUT2D eigenvalue weighted by Gasteiger charge is -2.40. The van der Waals surface area contributed by atoms with Crippen molar-refractivity contribution in [2.45, 2.75) is 19.3 Å². The highest BCUT2D eigenvalue weighted by molar-refractivity contribution is 5.92. The Labute approximate surface area is 372 Å². The molecule has 2 aromatic heterocycles. The summed E-state index contributed by atoms with van der Waals surface area (Å²) in [6, 6.07) is 70.7. The van der Waals surface area contributed by atoms with Gasteiger partial charge in [-0.15, -0.1) is 0 Å². The monoisotopic (exact) mass is 820 g/mol. The topological polar surface area (TPSA) is 60.8 Å². The summed E-state index contributed by atoms with van der Waals surface area (Å²) in [5.74, 6) is 3.39. The molecular weight excluding hydrogens is 781 g/mol. The summed E-state index contributed by atoms with van der Waals surface area (Å²) in [7, 11) is 0. The van der Waals surface area contributed by atoms with E-state index in [9.17, 15) is 0 Å². The van der Waals surface area contributed by atoms with Gasteiger partial charge in [-0.05, 0) is 99.8 Å². The van der Waals surface area contributed by atoms with Crippen LogP contribution in [0.2, 0.25) is 0 Å². The smallest absolute Gasteiger partial charge is 0.164 e. The molecule has 0 amide bonds. The molecule has 1 aliphatic heterocycles. The van der Waals surface area contributed by atoms with Crippen molar-refractivity contribution in [3.63, 3.8) is 0 Å². The first kappa shape index (κ1) is 37.5. The third kappa shape index (κ3) is 6.00. The minimum atomic E-state index is -0.678. The lowest BCUT2D eigenvalue weighted by molar-refractivity contribution is 0.436. The first-order valence-electron chi connectivity index (χ1n) is 21.7. The Morgan fingerprint density at radius 3 is 1.55 bits per heavy atom. The molecule has 0 unspecified atom stereocenters. The van der Waals surface area contributed by atoms with Crippen molar-refractivity contribution in [1.29, 1.82) is 0 Å². The quantitative estimate of drug-likeness (QED) is 0.167. The zero-order valence-corrected chi connectivity index (χ0v) is 35.3. The Hall–Kier alpha value is -8.28. The van der Waals surface area contributed by atoms with Gasteiger partial charge in [0.25, 0.3) is 0 Å². The summed E-state index contributed by atoms with van der Waals surface area (Å²) in [5.41, 5.74) is 17.5. The zero-order valence-electron chi connectivity index (χ0n) is 35.3. The van der Waals surface area contributed by atoms with E-state index in [1.807, 2.05) is 30.5 Å². The predicted octanol–water partition coefficient (Wildman–Crippen LogP) is 14.4. The SMILES string of the molecule is Cc1cnc(C)c(-c2cccc(-c3cc4c(cc3-c3nc(-c5ccccc5)nc(-c5ccc(-c6ccccc6)cc5)n3)C3(c5ccccc5O4)c4ccccc4-c4ccccc43)c2)c1. The predicted molar refractivity (Wildman–Crippen MR) is 257 cm³/mol. The number of hydrogen-bond acceptors (Lipinski definition) is 5. The number of aryl methyl sites for hydroxylation is 2. The maximum absolute atomic E-state index is 7.07. The number of benzene rings is 8. The van der Waals surface area contributed by atoms with Gasteiger partial charge in [0.15, 0.2) is 17.5 Å². The van der Waals surface area contributed by atoms with Gasteiger partial charge >= 0.3 is 0 Å². The molecule has 0 saturated heterocycles. The van der Waals surface area contributed by atoms with Gasteiger partial charge in [-0.3, -0.25) is 4.98 Å². The average Bonchev–Trinajstić information content (AvgIpc) is 3.65. The third-order valence-electron chi connectivity index (χ3n) is 12.9. The number of ether oxygens (including phenoxy) is 1. The summed E-state index contributed by atoms with van der Waals surface area (Å²) in [6.07, 6.45) is 1.92. The van der Waals surface area contributed by atoms with Gasteiger partial charge in [-0.2, -0.15) is 0 Å². The van der Waals surface area contributed by atoms with Crippen LogP contribution in [-0.4, -0.2) is 19.9 Å². The van der Waals surface area contributed by atoms with Gasteiger partial charge in [0.05, 0.1) is 5.41 Å². The fraction of sp³-hybridized carbons (Fsp3) is 0.0508. The van der Waals surface area contributed by atoms with Gasteiger partial charge in [-0.25, -0.2) is 15.0 Å². The standard InChI is InChI=1S/C59H40N4O/c1-37-32-47(38(2)60-36-37)43-20-15-21-44(33-43)48-35-55-53(59(52-26-13-14-27-54(52)64-55)50-24-11-9-22-45(50)46-23-10-12-25-51(46)59)34-49(48)58-62-56(41-18-7-4-8-19-41)61-57(63-58)42-30-28-40(29-31-42)39-16-5-3-6-17-39/h3-36H,1-2H3. The molecule has 64 heavy (non-hydrogen) atoms. The molecule has 1 aliphatic carbocycles. The van der Waals surface area contributed by atoms with Crippen LogP contribution >= 0.6 is 0 Å². The van der Waals surface area contributed by atoms with E-state index in [1.54, 1.807) is 0 Å². The minimum absolute atomic E-state index is 0.571. The molecule has 0 saturated carbocycles. The largest absolute Gasteiger partial charge is 0.457 e. The van der Waals surface area contributed by atoms with Crippen molar-refractivity contribution >= 4 is 0 Å². The number of hydrogen-bond donors (Lipinski definition) is 0. The number of pyridine rings is 1. The van der Waals surface area contributed by atoms with Gasteiger partial charge in [0, 0.05) is 45.3 Å². The normalized spacial score (nSPS) is 12.8. The Morgan fingerprint density at radius 1 is 0.344 bits per heavy atom. The van der Waals surface area contributed by atoms with E-state index in [0.29, 0.717) is 17.5 Å². The molecular formula is C59H40N4O. The van der Waals surface area contributed by atoms with Crippen molar-refractivity contribution in [3.8, 4) is 90.2 Å². The molecule has 3 heterocycles. The van der Waals surface area contributed by atoms with Crippen LogP contribution in [0.4, 0.5) is 0 Å². The van der Waals surface area contributed by atoms with E-state index < -0.39 is 5.41 Å². The van der Waals surface area contributed by atoms with Crippen molar-refractivity contribution < 1.29 is 4.74 Å². The van der Waals surface area contributed by atoms with E-state index in [0.717, 1.165) is 84.0 Å². The van der Waals surface area contributed by atoms with E-state index in [4.69, 9.17) is 24.7 Å². The number of nitrogens with zero attached hydrogens (tertiary/aromatic N) is 4. The average molecular weight is 821 g/mol. The molecule has 0 radical (unpaired) electrons. The van der Waals surface area contributed by atoms with Crippen LogP contribution in [0.25, 0.3) is 78.7 Å². The molecule has 0 N–H and O–H groups in total. The van der Waals surface area contributed by atoms with Gasteiger partial charge < -0.3 is 4.74 Å². The van der Waals surface area contributed by atoms with E-state index >= 15 is 0 Å². The second-order valence-corrected chi connectivity index (χ2v) is 16.7. The van der Waals surface area contributed by atoms with Crippen molar-refractivity contribution in [3.05, 3.63) is 240 Å². The van der Waals surface area contributed by atoms with Crippen molar-refractivity contribution in [1.82, 2.24) is 19.9 Å². The van der Waals surface area contributed by atoms with Crippen LogP contribution in [0.1, 0.15) is 33.5 Å². The molecule has 0 bridgehead atoms. The van der Waals surface area contributed by atoms with Crippen LogP contribution < -0.4 is 4.74 Å². The first-order chi connectivity index (χ1) is 31.5. The lowest BCUT2D eigenvalue weighted by Crippen LogP contribution is -2.32. The fourth-order valence-corrected chi connectivity index (χ4v) is 9.89. The molecule has 0 fully saturated rings. The molecule has 302 valence electrons. The van der Waals surface area contributed by atoms with Crippen molar-refractivity contribution in [2.24, 2.45) is 0 Å². The maximum Gasteiger partial charge on any atom is 0.164 e. The fourth-order valence-electron chi connectivity index (χ4n) is 9.89. The highest BCUT2D eigenvalue weighted by atomic mass is 16.5. The number of para-hydroxylation sites is 1. The minimum Gasteiger partial charge on any atom is -0.457 e. The highest BCUT2D eigenvalue weighted by Gasteiger charge is 2.51. The molecule has 2 aliphatic rings. The lowest BCUT2D eigenvalue weighted by atomic mass is 9.65. The van der Waals surface area contributed by atoms with E-state index in [-0.39, 0.29) is 0 Å². The molecule has 1 spiro atoms. The Bertz CT molecular complexity index is 3390. The first-order valence-corrected chi connectivity index (χ1v) is 21.7. The summed E-state index contributed by atoms with van der Waals surface area (Å²) >= 11 is 0. The van der Waals surface area contributed by atoms with Gasteiger partial charge in [-0.1, -0.05) is 170 Å². The number of aromatic nitrogens is 4. The Kier molecular flexibility index (Phi) is 8.76. The second kappa shape index (κ2) is 15.0. The van der Waals surface area contributed by atoms with Crippen LogP contribution in [0.5, 0.6) is 11.5 Å². The number of rotatable bonds is 6. The van der Waals surface area contributed by atoms with Gasteiger partial charge in [0.2, 0.25) is 0 Å². The summed E-state index contributed by atoms with van der Waals surface area (Å²) in [6.45, 7) is 4.15. The Morgan fingerprint density at radius 2 is 0.859 bits per heavy atom. The molecule has 10 aromatic rings. The summed E-state index contributed by atoms with van der Waals surface area (Å²) in [5, 5.41) is 0. The molecule has 8 aromatic carbocycles. The summed E-state index contributed by atoms with van der Waals surface area (Å²) < 4.78 is 7.07. The molecule has 5 heteroatoms. The van der Waals surface area contributed by atoms with E-state index in [2.05, 4.69) is 190 Å². The number of fused-ring (bicyclic) bond motifs is 9. The van der Waals surface area contributed by atoms with Crippen LogP contribution in [0, 0.1) is 13.8 Å². The van der Waals surface area contributed by atoms with Crippen LogP contribution in [0.15, 0.2) is 206 Å².